The maximum absolute atomic E-state index is 13.6. The second-order valence-corrected chi connectivity index (χ2v) is 9.66. The SMILES string of the molecule is Cc1cc(C2CCC2)c(-c2n[nH]c(CC=O)n2)cc1C(=O)N1CCC(c2ccc(C#N)cc2)CC1. The van der Waals surface area contributed by atoms with Crippen molar-refractivity contribution in [2.45, 2.75) is 57.3 Å². The quantitative estimate of drug-likeness (QED) is 0.530. The highest BCUT2D eigenvalue weighted by Crippen LogP contribution is 2.42. The van der Waals surface area contributed by atoms with Crippen molar-refractivity contribution in [3.05, 3.63) is 70.0 Å². The molecule has 178 valence electrons. The maximum Gasteiger partial charge on any atom is 0.254 e. The zero-order chi connectivity index (χ0) is 24.4. The molecule has 2 aliphatic rings. The molecule has 1 aliphatic carbocycles. The van der Waals surface area contributed by atoms with Gasteiger partial charge in [0, 0.05) is 24.2 Å². The first-order chi connectivity index (χ1) is 17.1. The van der Waals surface area contributed by atoms with Gasteiger partial charge in [0.05, 0.1) is 18.1 Å². The van der Waals surface area contributed by atoms with E-state index in [1.54, 1.807) is 0 Å². The molecule has 2 fully saturated rings. The topological polar surface area (TPSA) is 103 Å². The van der Waals surface area contributed by atoms with Crippen LogP contribution in [0.4, 0.5) is 0 Å². The number of H-pyrrole nitrogens is 1. The first-order valence-corrected chi connectivity index (χ1v) is 12.4. The molecule has 3 aromatic rings. The van der Waals surface area contributed by atoms with Gasteiger partial charge in [-0.1, -0.05) is 24.6 Å². The molecule has 0 unspecified atom stereocenters. The molecule has 1 amide bonds. The van der Waals surface area contributed by atoms with Crippen LogP contribution in [0.25, 0.3) is 11.4 Å². The summed E-state index contributed by atoms with van der Waals surface area (Å²) in [6, 6.07) is 14.1. The summed E-state index contributed by atoms with van der Waals surface area (Å²) in [5, 5.41) is 16.3. The minimum absolute atomic E-state index is 0.0471. The Bertz CT molecular complexity index is 1280. The highest BCUT2D eigenvalue weighted by atomic mass is 16.2. The molecule has 2 heterocycles. The predicted molar refractivity (Wildman–Crippen MR) is 132 cm³/mol. The zero-order valence-corrected chi connectivity index (χ0v) is 20.0. The van der Waals surface area contributed by atoms with E-state index >= 15 is 0 Å². The molecular formula is C28H29N5O2. The number of carbonyl (C=O) groups is 2. The first kappa shape index (κ1) is 23.0. The lowest BCUT2D eigenvalue weighted by atomic mass is 9.77. The van der Waals surface area contributed by atoms with Crippen molar-refractivity contribution >= 4 is 12.2 Å². The second kappa shape index (κ2) is 9.83. The Morgan fingerprint density at radius 3 is 2.51 bits per heavy atom. The molecule has 1 aliphatic heterocycles. The Labute approximate surface area is 205 Å². The Hall–Kier alpha value is -3.79. The van der Waals surface area contributed by atoms with Crippen LogP contribution in [-0.4, -0.2) is 45.4 Å². The van der Waals surface area contributed by atoms with Crippen LogP contribution in [0.3, 0.4) is 0 Å². The maximum atomic E-state index is 13.6. The summed E-state index contributed by atoms with van der Waals surface area (Å²) in [6.07, 6.45) is 6.28. The number of aromatic nitrogens is 3. The van der Waals surface area contributed by atoms with Crippen LogP contribution in [0, 0.1) is 18.3 Å². The van der Waals surface area contributed by atoms with Gasteiger partial charge in [0.15, 0.2) is 5.82 Å². The number of likely N-dealkylation sites (tertiary alicyclic amines) is 1. The molecule has 1 saturated heterocycles. The molecule has 1 N–H and O–H groups in total. The number of aromatic amines is 1. The van der Waals surface area contributed by atoms with Gasteiger partial charge in [-0.3, -0.25) is 9.89 Å². The fraction of sp³-hybridized carbons (Fsp3) is 0.393. The smallest absolute Gasteiger partial charge is 0.254 e. The molecule has 5 rings (SSSR count). The van der Waals surface area contributed by atoms with Gasteiger partial charge in [-0.15, -0.1) is 0 Å². The average molecular weight is 468 g/mol. The minimum atomic E-state index is 0.0471. The van der Waals surface area contributed by atoms with E-state index in [4.69, 9.17) is 5.26 Å². The van der Waals surface area contributed by atoms with Crippen LogP contribution >= 0.6 is 0 Å². The Kier molecular flexibility index (Phi) is 6.45. The number of nitriles is 1. The zero-order valence-electron chi connectivity index (χ0n) is 20.0. The van der Waals surface area contributed by atoms with E-state index in [-0.39, 0.29) is 12.3 Å². The predicted octanol–water partition coefficient (Wildman–Crippen LogP) is 4.68. The Morgan fingerprint density at radius 1 is 1.14 bits per heavy atom. The summed E-state index contributed by atoms with van der Waals surface area (Å²) in [7, 11) is 0. The van der Waals surface area contributed by atoms with Crippen LogP contribution in [0.15, 0.2) is 36.4 Å². The third-order valence-corrected chi connectivity index (χ3v) is 7.51. The number of rotatable bonds is 6. The number of aryl methyl sites for hydroxylation is 1. The van der Waals surface area contributed by atoms with Gasteiger partial charge in [0.1, 0.15) is 12.1 Å². The van der Waals surface area contributed by atoms with E-state index in [0.717, 1.165) is 43.1 Å². The van der Waals surface area contributed by atoms with Crippen molar-refractivity contribution in [1.29, 1.82) is 5.26 Å². The molecule has 0 atom stereocenters. The van der Waals surface area contributed by atoms with E-state index in [2.05, 4.69) is 27.3 Å². The molecule has 7 nitrogen and oxygen atoms in total. The summed E-state index contributed by atoms with van der Waals surface area (Å²) >= 11 is 0. The highest BCUT2D eigenvalue weighted by molar-refractivity contribution is 5.97. The summed E-state index contributed by atoms with van der Waals surface area (Å²) in [5.41, 5.74) is 5.67. The van der Waals surface area contributed by atoms with E-state index in [0.29, 0.717) is 47.7 Å². The molecule has 1 saturated carbocycles. The van der Waals surface area contributed by atoms with Crippen molar-refractivity contribution in [2.75, 3.05) is 13.1 Å². The monoisotopic (exact) mass is 467 g/mol. The summed E-state index contributed by atoms with van der Waals surface area (Å²) in [5.74, 6) is 1.99. The lowest BCUT2D eigenvalue weighted by Gasteiger charge is -2.33. The van der Waals surface area contributed by atoms with E-state index in [1.807, 2.05) is 42.2 Å². The van der Waals surface area contributed by atoms with Crippen molar-refractivity contribution in [3.8, 4) is 17.5 Å². The van der Waals surface area contributed by atoms with Gasteiger partial charge in [0.25, 0.3) is 5.91 Å². The number of hydrogen-bond acceptors (Lipinski definition) is 5. The largest absolute Gasteiger partial charge is 0.339 e. The van der Waals surface area contributed by atoms with Gasteiger partial charge in [-0.25, -0.2) is 4.98 Å². The number of amides is 1. The standard InChI is InChI=1S/C28H29N5O2/c1-18-15-24(22-3-2-4-22)25(27-30-26(11-14-34)31-32-27)16-23(18)28(35)33-12-9-21(10-13-33)20-7-5-19(17-29)6-8-20/h5-8,14-16,21-22H,2-4,9-13H2,1H3,(H,30,31,32). The van der Waals surface area contributed by atoms with Gasteiger partial charge in [-0.05, 0) is 79.3 Å². The first-order valence-electron chi connectivity index (χ1n) is 12.4. The normalized spacial score (nSPS) is 16.5. The number of piperidine rings is 1. The molecule has 35 heavy (non-hydrogen) atoms. The highest BCUT2D eigenvalue weighted by Gasteiger charge is 2.29. The van der Waals surface area contributed by atoms with E-state index in [9.17, 15) is 9.59 Å². The van der Waals surface area contributed by atoms with Gasteiger partial charge >= 0.3 is 0 Å². The van der Waals surface area contributed by atoms with Crippen LogP contribution in [0.5, 0.6) is 0 Å². The number of aldehydes is 1. The molecule has 1 aromatic heterocycles. The van der Waals surface area contributed by atoms with Crippen molar-refractivity contribution in [3.63, 3.8) is 0 Å². The average Bonchev–Trinajstić information content (AvgIpc) is 3.31. The lowest BCUT2D eigenvalue weighted by Crippen LogP contribution is -2.38. The van der Waals surface area contributed by atoms with Gasteiger partial charge in [-0.2, -0.15) is 10.4 Å². The van der Waals surface area contributed by atoms with Crippen molar-refractivity contribution in [2.24, 2.45) is 0 Å². The van der Waals surface area contributed by atoms with Gasteiger partial charge < -0.3 is 9.69 Å². The number of hydrogen-bond donors (Lipinski definition) is 1. The lowest BCUT2D eigenvalue weighted by molar-refractivity contribution is -0.107. The van der Waals surface area contributed by atoms with Crippen LogP contribution in [0.1, 0.15) is 82.4 Å². The van der Waals surface area contributed by atoms with Crippen molar-refractivity contribution < 1.29 is 9.59 Å². The van der Waals surface area contributed by atoms with E-state index < -0.39 is 0 Å². The molecule has 0 radical (unpaired) electrons. The summed E-state index contributed by atoms with van der Waals surface area (Å²) in [4.78, 5) is 31.0. The number of benzene rings is 2. The Balaban J connectivity index is 1.37. The number of carbonyl (C=O) groups excluding carboxylic acids is 2. The van der Waals surface area contributed by atoms with Crippen molar-refractivity contribution in [1.82, 2.24) is 20.1 Å². The minimum Gasteiger partial charge on any atom is -0.339 e. The fourth-order valence-corrected chi connectivity index (χ4v) is 5.21. The molecule has 0 bridgehead atoms. The van der Waals surface area contributed by atoms with Crippen LogP contribution in [0.2, 0.25) is 0 Å². The van der Waals surface area contributed by atoms with E-state index in [1.165, 1.54) is 17.5 Å². The van der Waals surface area contributed by atoms with Crippen LogP contribution < -0.4 is 0 Å². The third-order valence-electron chi connectivity index (χ3n) is 7.51. The van der Waals surface area contributed by atoms with Gasteiger partial charge in [0.2, 0.25) is 0 Å². The number of nitrogens with one attached hydrogen (secondary N) is 1. The molecule has 0 spiro atoms. The molecule has 2 aromatic carbocycles. The summed E-state index contributed by atoms with van der Waals surface area (Å²) in [6.45, 7) is 3.41. The molecule has 7 heteroatoms. The van der Waals surface area contributed by atoms with Crippen LogP contribution in [-0.2, 0) is 11.2 Å². The fourth-order valence-electron chi connectivity index (χ4n) is 5.21. The third kappa shape index (κ3) is 4.61. The Morgan fingerprint density at radius 2 is 1.89 bits per heavy atom. The number of nitrogens with zero attached hydrogens (tertiary/aromatic N) is 4. The molecular weight excluding hydrogens is 438 g/mol. The second-order valence-electron chi connectivity index (χ2n) is 9.66. The summed E-state index contributed by atoms with van der Waals surface area (Å²) < 4.78 is 0.